The van der Waals surface area contributed by atoms with Gasteiger partial charge in [0.05, 0.1) is 32.8 Å². The van der Waals surface area contributed by atoms with Gasteiger partial charge >= 0.3 is 18.5 Å². The van der Waals surface area contributed by atoms with Gasteiger partial charge in [-0.05, 0) is 125 Å². The van der Waals surface area contributed by atoms with E-state index in [1.165, 1.54) is 37.3 Å². The predicted octanol–water partition coefficient (Wildman–Crippen LogP) is 16.0. The van der Waals surface area contributed by atoms with E-state index in [1.807, 2.05) is 43.6 Å². The highest BCUT2D eigenvalue weighted by Crippen LogP contribution is 2.39. The number of aromatic amines is 4. The van der Waals surface area contributed by atoms with Crippen molar-refractivity contribution in [2.24, 2.45) is 0 Å². The molecule has 14 heterocycles. The normalized spacial score (nSPS) is 15.7. The average Bonchev–Trinajstić information content (AvgIpc) is 1.63. The lowest BCUT2D eigenvalue weighted by atomic mass is 10.0. The molecule has 44 heteroatoms. The van der Waals surface area contributed by atoms with Crippen LogP contribution in [0.4, 0.5) is 76.0 Å². The summed E-state index contributed by atoms with van der Waals surface area (Å²) in [6.45, 7) is 12.2. The number of nitrogens with zero attached hydrogens (tertiary/aromatic N) is 14. The van der Waals surface area contributed by atoms with Crippen LogP contribution in [0.2, 0.25) is 20.1 Å². The van der Waals surface area contributed by atoms with Gasteiger partial charge in [0.25, 0.3) is 6.43 Å². The Hall–Kier alpha value is -11.5. The largest absolute Gasteiger partial charge is 0.405 e. The highest BCUT2D eigenvalue weighted by Gasteiger charge is 2.43. The molecule has 2 saturated heterocycles. The second-order valence-electron chi connectivity index (χ2n) is 29.3. The van der Waals surface area contributed by atoms with E-state index < -0.39 is 104 Å². The smallest absolute Gasteiger partial charge is 0.356 e. The van der Waals surface area contributed by atoms with Crippen LogP contribution in [0.3, 0.4) is 0 Å². The Morgan fingerprint density at radius 2 is 0.868 bits per heavy atom. The summed E-state index contributed by atoms with van der Waals surface area (Å²) in [5, 5.41) is 18.7. The first-order valence-corrected chi connectivity index (χ1v) is 38.7. The number of fused-ring (bicyclic) bond motifs is 4. The highest BCUT2D eigenvalue weighted by molar-refractivity contribution is 6.32. The molecule has 0 aliphatic carbocycles. The lowest BCUT2D eigenvalue weighted by Gasteiger charge is -2.30. The monoisotopic (exact) mass is 1770 g/mol. The van der Waals surface area contributed by atoms with Crippen LogP contribution >= 0.6 is 46.4 Å². The third-order valence-corrected chi connectivity index (χ3v) is 20.5. The quantitative estimate of drug-likeness (QED) is 0.0317. The fourth-order valence-corrected chi connectivity index (χ4v) is 13.9. The Balaban J connectivity index is 0.000000158. The van der Waals surface area contributed by atoms with Crippen molar-refractivity contribution in [3.8, 4) is 45.6 Å². The second kappa shape index (κ2) is 36.8. The zero-order chi connectivity index (χ0) is 88.1. The fourth-order valence-electron chi connectivity index (χ4n) is 13.3. The number of hydrogen-bond acceptors (Lipinski definition) is 20. The van der Waals surface area contributed by atoms with Crippen molar-refractivity contribution in [1.29, 1.82) is 0 Å². The van der Waals surface area contributed by atoms with Crippen LogP contribution in [0.15, 0.2) is 92.3 Å². The van der Waals surface area contributed by atoms with Crippen molar-refractivity contribution >= 4 is 137 Å². The average molecular weight is 1770 g/mol. The lowest BCUT2D eigenvalue weighted by molar-refractivity contribution is -0.140. The maximum atomic E-state index is 14.8. The number of aromatic nitrogens is 16. The van der Waals surface area contributed by atoms with E-state index >= 15 is 0 Å². The van der Waals surface area contributed by atoms with E-state index in [-0.39, 0.29) is 30.1 Å². The van der Waals surface area contributed by atoms with Gasteiger partial charge in [-0.25, -0.2) is 73.0 Å². The van der Waals surface area contributed by atoms with Gasteiger partial charge in [0.2, 0.25) is 23.6 Å². The standard InChI is InChI=1S/C20H19ClF4N6O.C19H18ClF3N6O.C19H20ClF3N6O.C19H21ClF2N6O/c1-2-11-3-4-15(19(32)29-9-20(23,24)25)31(11)18-14(22)8-28-17(30-18)13-7-27-16-12(13)5-10(21)6-26-16;1-10-2-3-14(18(30)27-9-19(21,22)23)29(10)15-4-5-24-17(28-15)13-8-26-16-12(13)6-11(20)7-25-16;1-9-10(2)27-16(13-7-25-15-12(13)5-11(20)6-24-15)28-14(9)29-18(3,4)17(30)26-8-19(21,22)23;1-9-10(2)26-17(13-7-24-16-12(13)5-11(20)6-23-16)27-15(9)28-19(3,4)18(29)25-8-14(21)22/h5-8,11,15H,2-4,9H2,1H3,(H,26,27)(H,29,32);4-8,10,14H,2-3,9H2,1H3,(H,25,26)(H,27,30);5-7H,8H2,1-4H3,(H,24,25)(H,26,30)(H,27,28,29);5-7,14H,8H2,1-4H3,(H,23,24)(H,25,29)(H,26,27,28)/t11-,15+;10-,14+;;/m00../s1. The summed E-state index contributed by atoms with van der Waals surface area (Å²) in [6, 6.07) is 6.54. The minimum Gasteiger partial charge on any atom is -0.356 e. The number of H-pyrrole nitrogens is 4. The van der Waals surface area contributed by atoms with Crippen molar-refractivity contribution in [3.63, 3.8) is 0 Å². The molecular weight excluding hydrogens is 1690 g/mol. The number of halogens is 16. The molecular formula is C77H78Cl4F12N24O4. The Bertz CT molecular complexity index is 5800. The number of carbonyl (C=O) groups excluding carboxylic acids is 4. The van der Waals surface area contributed by atoms with Crippen LogP contribution in [-0.4, -0.2) is 190 Å². The number of hydrogen-bond donors (Lipinski definition) is 10. The molecule has 0 saturated carbocycles. The molecule has 0 spiro atoms. The summed E-state index contributed by atoms with van der Waals surface area (Å²) < 4.78 is 152. The molecule has 0 radical (unpaired) electrons. The first-order valence-electron chi connectivity index (χ1n) is 37.2. The van der Waals surface area contributed by atoms with Crippen LogP contribution in [0.1, 0.15) is 96.2 Å². The van der Waals surface area contributed by atoms with Gasteiger partial charge in [0, 0.05) is 134 Å². The van der Waals surface area contributed by atoms with Gasteiger partial charge in [0.15, 0.2) is 34.9 Å². The molecule has 14 rings (SSSR count). The summed E-state index contributed by atoms with van der Waals surface area (Å²) in [5.74, 6) is -1.13. The third-order valence-electron chi connectivity index (χ3n) is 19.6. The van der Waals surface area contributed by atoms with Gasteiger partial charge in [0.1, 0.15) is 82.8 Å². The Kier molecular flexibility index (Phi) is 27.5. The molecule has 4 amide bonds. The van der Waals surface area contributed by atoms with E-state index in [0.29, 0.717) is 148 Å². The summed E-state index contributed by atoms with van der Waals surface area (Å²) >= 11 is 24.2. The van der Waals surface area contributed by atoms with Crippen LogP contribution in [-0.2, 0) is 19.2 Å². The number of alkyl halides is 11. The van der Waals surface area contributed by atoms with E-state index in [1.54, 1.807) is 100 Å². The maximum Gasteiger partial charge on any atom is 0.405 e. The lowest BCUT2D eigenvalue weighted by Crippen LogP contribution is -2.50. The van der Waals surface area contributed by atoms with Crippen molar-refractivity contribution < 1.29 is 71.9 Å². The van der Waals surface area contributed by atoms with Crippen LogP contribution in [0.5, 0.6) is 0 Å². The topological polar surface area (TPSA) is 365 Å². The third kappa shape index (κ3) is 22.0. The SMILES string of the molecule is CC[C@H]1CC[C@H](C(=O)NCC(F)(F)F)N1c1nc(-c2c[nH]c3ncc(Cl)cc23)ncc1F.C[C@H]1CC[C@H](C(=O)NCC(F)(F)F)N1c1ccnc(-c2c[nH]c3ncc(Cl)cc23)n1.Cc1nc(-c2c[nH]c3ncc(Cl)cc23)nc(NC(C)(C)C(=O)NCC(F)(F)F)c1C.Cc1nc(-c2c[nH]c3ncc(Cl)cc23)nc(NC(C)(C)C(=O)NCC(F)F)c1C. The molecule has 2 aliphatic rings. The van der Waals surface area contributed by atoms with Gasteiger partial charge in [-0.3, -0.25) is 19.2 Å². The zero-order valence-corrected chi connectivity index (χ0v) is 68.9. The Labute approximate surface area is 701 Å². The molecule has 0 aromatic carbocycles. The molecule has 2 fully saturated rings. The van der Waals surface area contributed by atoms with Crippen molar-refractivity contribution in [1.82, 2.24) is 101 Å². The number of carbonyl (C=O) groups is 4. The van der Waals surface area contributed by atoms with Crippen LogP contribution < -0.4 is 41.7 Å². The van der Waals surface area contributed by atoms with Gasteiger partial charge in [-0.2, -0.15) is 39.5 Å². The van der Waals surface area contributed by atoms with E-state index in [2.05, 4.69) is 95.7 Å². The minimum atomic E-state index is -4.54. The molecule has 2 aliphatic heterocycles. The van der Waals surface area contributed by atoms with Crippen molar-refractivity contribution in [2.45, 2.75) is 162 Å². The van der Waals surface area contributed by atoms with Gasteiger partial charge in [-0.1, -0.05) is 53.3 Å². The number of anilines is 4. The number of aryl methyl sites for hydroxylation is 2. The van der Waals surface area contributed by atoms with E-state index in [9.17, 15) is 71.9 Å². The van der Waals surface area contributed by atoms with Gasteiger partial charge in [-0.15, -0.1) is 0 Å². The summed E-state index contributed by atoms with van der Waals surface area (Å²) in [4.78, 5) is 117. The van der Waals surface area contributed by atoms with Crippen LogP contribution in [0, 0.1) is 33.5 Å². The first-order chi connectivity index (χ1) is 56.9. The number of pyridine rings is 4. The zero-order valence-electron chi connectivity index (χ0n) is 65.9. The minimum absolute atomic E-state index is 0.0616. The summed E-state index contributed by atoms with van der Waals surface area (Å²) in [6.07, 6.45) is 1.72. The molecule has 642 valence electrons. The molecule has 12 aromatic rings. The van der Waals surface area contributed by atoms with E-state index in [4.69, 9.17) is 46.4 Å². The molecule has 10 N–H and O–H groups in total. The molecule has 0 bridgehead atoms. The Morgan fingerprint density at radius 3 is 1.27 bits per heavy atom. The second-order valence-corrected chi connectivity index (χ2v) is 31.0. The molecule has 0 unspecified atom stereocenters. The van der Waals surface area contributed by atoms with Crippen molar-refractivity contribution in [3.05, 3.63) is 141 Å². The summed E-state index contributed by atoms with van der Waals surface area (Å²) in [5.41, 5.74) is 5.28. The van der Waals surface area contributed by atoms with Crippen molar-refractivity contribution in [2.75, 3.05) is 46.6 Å². The van der Waals surface area contributed by atoms with E-state index in [0.717, 1.165) is 27.9 Å². The molecule has 4 atom stereocenters. The number of rotatable bonds is 20. The molecule has 12 aromatic heterocycles. The molecule has 28 nitrogen and oxygen atoms in total. The number of nitrogens with one attached hydrogen (secondary N) is 10. The summed E-state index contributed by atoms with van der Waals surface area (Å²) in [7, 11) is 0. The predicted molar refractivity (Wildman–Crippen MR) is 434 cm³/mol. The highest BCUT2D eigenvalue weighted by atomic mass is 35.5. The first kappa shape index (κ1) is 90.2. The molecule has 121 heavy (non-hydrogen) atoms. The van der Waals surface area contributed by atoms with Gasteiger partial charge < -0.3 is 61.6 Å². The Morgan fingerprint density at radius 1 is 0.488 bits per heavy atom. The van der Waals surface area contributed by atoms with Crippen LogP contribution in [0.25, 0.3) is 89.7 Å². The fraction of sp³-hybridized carbons (Fsp3) is 0.377. The maximum absolute atomic E-state index is 14.8. The number of amides is 4.